The second kappa shape index (κ2) is 6.88. The summed E-state index contributed by atoms with van der Waals surface area (Å²) in [6.45, 7) is 0.468. The maximum atomic E-state index is 13.3. The van der Waals surface area contributed by atoms with Gasteiger partial charge in [0.15, 0.2) is 0 Å². The second-order valence-corrected chi connectivity index (χ2v) is 7.22. The van der Waals surface area contributed by atoms with Gasteiger partial charge in [-0.1, -0.05) is 23.7 Å². The topological polar surface area (TPSA) is 37.9 Å². The molecule has 1 saturated carbocycles. The van der Waals surface area contributed by atoms with Gasteiger partial charge in [-0.25, -0.2) is 13.8 Å². The third kappa shape index (κ3) is 3.54. The molecule has 0 radical (unpaired) electrons. The van der Waals surface area contributed by atoms with Crippen LogP contribution in [0.4, 0.5) is 8.78 Å². The molecule has 3 nitrogen and oxygen atoms in total. The van der Waals surface area contributed by atoms with Crippen molar-refractivity contribution in [2.24, 2.45) is 5.92 Å². The first kappa shape index (κ1) is 17.3. The van der Waals surface area contributed by atoms with E-state index < -0.39 is 5.92 Å². The third-order valence-corrected chi connectivity index (χ3v) is 5.30. The number of H-pyrrole nitrogens is 1. The summed E-state index contributed by atoms with van der Waals surface area (Å²) in [5.74, 6) is -1.58. The fraction of sp³-hybridized carbons (Fsp3) is 0.350. The largest absolute Gasteiger partial charge is 0.493 e. The minimum absolute atomic E-state index is 0.0398. The van der Waals surface area contributed by atoms with Crippen LogP contribution in [0.2, 0.25) is 5.15 Å². The lowest BCUT2D eigenvalue weighted by atomic mass is 9.87. The van der Waals surface area contributed by atoms with Crippen molar-refractivity contribution in [1.29, 1.82) is 0 Å². The van der Waals surface area contributed by atoms with Crippen LogP contribution in [0.3, 0.4) is 0 Å². The van der Waals surface area contributed by atoms with Crippen LogP contribution in [0.15, 0.2) is 42.7 Å². The van der Waals surface area contributed by atoms with Crippen LogP contribution >= 0.6 is 11.6 Å². The number of rotatable bonds is 4. The van der Waals surface area contributed by atoms with Gasteiger partial charge >= 0.3 is 0 Å². The molecule has 4 rings (SSSR count). The van der Waals surface area contributed by atoms with Crippen molar-refractivity contribution >= 4 is 22.5 Å². The van der Waals surface area contributed by atoms with E-state index in [0.29, 0.717) is 24.6 Å². The van der Waals surface area contributed by atoms with E-state index >= 15 is 0 Å². The van der Waals surface area contributed by atoms with Gasteiger partial charge in [0, 0.05) is 36.2 Å². The highest BCUT2D eigenvalue weighted by atomic mass is 35.5. The summed E-state index contributed by atoms with van der Waals surface area (Å²) >= 11 is 6.26. The van der Waals surface area contributed by atoms with Gasteiger partial charge < -0.3 is 9.72 Å². The quantitative estimate of drug-likeness (QED) is 0.559. The maximum Gasteiger partial charge on any atom is 0.248 e. The lowest BCUT2D eigenvalue weighted by Crippen LogP contribution is -2.27. The number of alkyl halides is 2. The van der Waals surface area contributed by atoms with Gasteiger partial charge in [-0.3, -0.25) is 0 Å². The summed E-state index contributed by atoms with van der Waals surface area (Å²) in [6, 6.07) is 9.62. The van der Waals surface area contributed by atoms with Crippen molar-refractivity contribution in [3.8, 4) is 16.9 Å². The van der Waals surface area contributed by atoms with Gasteiger partial charge in [0.1, 0.15) is 10.9 Å². The fourth-order valence-electron chi connectivity index (χ4n) is 3.50. The normalized spacial score (nSPS) is 17.5. The molecule has 0 saturated heterocycles. The van der Waals surface area contributed by atoms with Crippen molar-refractivity contribution in [2.75, 3.05) is 6.61 Å². The molecule has 136 valence electrons. The Morgan fingerprint density at radius 1 is 1.23 bits per heavy atom. The number of ether oxygens (including phenoxy) is 1. The zero-order valence-electron chi connectivity index (χ0n) is 14.1. The highest BCUT2D eigenvalue weighted by Crippen LogP contribution is 2.37. The van der Waals surface area contributed by atoms with Gasteiger partial charge in [-0.15, -0.1) is 0 Å². The summed E-state index contributed by atoms with van der Waals surface area (Å²) in [5.41, 5.74) is 2.86. The van der Waals surface area contributed by atoms with Crippen molar-refractivity contribution < 1.29 is 13.5 Å². The number of fused-ring (bicyclic) bond motifs is 1. The van der Waals surface area contributed by atoms with Crippen molar-refractivity contribution in [3.05, 3.63) is 47.9 Å². The Morgan fingerprint density at radius 3 is 2.85 bits per heavy atom. The lowest BCUT2D eigenvalue weighted by Gasteiger charge is -2.28. The van der Waals surface area contributed by atoms with Crippen LogP contribution in [-0.2, 0) is 0 Å². The Balaban J connectivity index is 1.50. The maximum absolute atomic E-state index is 13.3. The van der Waals surface area contributed by atoms with Gasteiger partial charge in [0.2, 0.25) is 5.92 Å². The minimum Gasteiger partial charge on any atom is -0.493 e. The average Bonchev–Trinajstić information content (AvgIpc) is 3.07. The second-order valence-electron chi connectivity index (χ2n) is 6.86. The Morgan fingerprint density at radius 2 is 2.04 bits per heavy atom. The molecule has 26 heavy (non-hydrogen) atoms. The highest BCUT2D eigenvalue weighted by Gasteiger charge is 2.35. The number of halogens is 3. The Kier molecular flexibility index (Phi) is 4.57. The molecule has 1 aliphatic rings. The molecular formula is C20H19ClF2N2O. The van der Waals surface area contributed by atoms with Crippen molar-refractivity contribution in [3.63, 3.8) is 0 Å². The number of benzene rings is 1. The number of aromatic amines is 1. The van der Waals surface area contributed by atoms with Gasteiger partial charge in [0.25, 0.3) is 0 Å². The van der Waals surface area contributed by atoms with Gasteiger partial charge in [0.05, 0.1) is 12.1 Å². The molecule has 0 spiro atoms. The molecule has 6 heteroatoms. The molecule has 2 aromatic heterocycles. The van der Waals surface area contributed by atoms with Crippen LogP contribution in [0, 0.1) is 5.92 Å². The minimum atomic E-state index is -2.50. The van der Waals surface area contributed by atoms with E-state index in [1.54, 1.807) is 6.20 Å². The van der Waals surface area contributed by atoms with Crippen LogP contribution < -0.4 is 4.74 Å². The first-order valence-corrected chi connectivity index (χ1v) is 9.12. The van der Waals surface area contributed by atoms with Crippen LogP contribution in [-0.4, -0.2) is 22.5 Å². The highest BCUT2D eigenvalue weighted by molar-refractivity contribution is 6.35. The van der Waals surface area contributed by atoms with Crippen molar-refractivity contribution in [1.82, 2.24) is 9.97 Å². The molecule has 0 atom stereocenters. The number of nitrogens with zero attached hydrogens (tertiary/aromatic N) is 1. The number of nitrogens with one attached hydrogen (secondary N) is 1. The van der Waals surface area contributed by atoms with E-state index in [-0.39, 0.29) is 18.8 Å². The van der Waals surface area contributed by atoms with Crippen LogP contribution in [0.5, 0.6) is 5.75 Å². The predicted octanol–water partition coefficient (Wildman–Crippen LogP) is 6.09. The molecule has 2 heterocycles. The standard InChI is InChI=1S/C20H19ClF2N2O/c21-19-18-16(11-25-17(18)6-9-24-19)14-2-1-3-15(10-14)26-12-13-4-7-20(22,23)8-5-13/h1-3,6,9-11,13,25H,4-5,7-8,12H2. The number of hydrogen-bond acceptors (Lipinski definition) is 2. The summed E-state index contributed by atoms with van der Waals surface area (Å²) in [5, 5.41) is 1.33. The van der Waals surface area contributed by atoms with Crippen LogP contribution in [0.1, 0.15) is 25.7 Å². The fourth-order valence-corrected chi connectivity index (χ4v) is 3.76. The summed E-state index contributed by atoms with van der Waals surface area (Å²) in [7, 11) is 0. The molecular weight excluding hydrogens is 358 g/mol. The summed E-state index contributed by atoms with van der Waals surface area (Å²) < 4.78 is 32.4. The number of aromatic nitrogens is 2. The SMILES string of the molecule is FC1(F)CCC(COc2cccc(-c3c[nH]c4ccnc(Cl)c34)c2)CC1. The molecule has 0 aliphatic heterocycles. The molecule has 0 bridgehead atoms. The number of hydrogen-bond donors (Lipinski definition) is 1. The van der Waals surface area contributed by atoms with E-state index in [0.717, 1.165) is 27.8 Å². The van der Waals surface area contributed by atoms with Gasteiger partial charge in [-0.05, 0) is 42.5 Å². The molecule has 1 aliphatic carbocycles. The Labute approximate surface area is 155 Å². The lowest BCUT2D eigenvalue weighted by molar-refractivity contribution is -0.0498. The zero-order valence-corrected chi connectivity index (χ0v) is 14.9. The Hall–Kier alpha value is -2.14. The van der Waals surface area contributed by atoms with Crippen LogP contribution in [0.25, 0.3) is 22.0 Å². The average molecular weight is 377 g/mol. The van der Waals surface area contributed by atoms with Crippen molar-refractivity contribution in [2.45, 2.75) is 31.6 Å². The summed E-state index contributed by atoms with van der Waals surface area (Å²) in [6.07, 6.45) is 4.51. The predicted molar refractivity (Wildman–Crippen MR) is 98.9 cm³/mol. The van der Waals surface area contributed by atoms with Gasteiger partial charge in [-0.2, -0.15) is 0 Å². The van der Waals surface area contributed by atoms with E-state index in [2.05, 4.69) is 9.97 Å². The van der Waals surface area contributed by atoms with E-state index in [4.69, 9.17) is 16.3 Å². The molecule has 1 aromatic carbocycles. The smallest absolute Gasteiger partial charge is 0.248 e. The van der Waals surface area contributed by atoms with E-state index in [9.17, 15) is 8.78 Å². The monoisotopic (exact) mass is 376 g/mol. The Bertz CT molecular complexity index is 915. The third-order valence-electron chi connectivity index (χ3n) is 5.01. The molecule has 0 amide bonds. The summed E-state index contributed by atoms with van der Waals surface area (Å²) in [4.78, 5) is 7.35. The molecule has 1 fully saturated rings. The first-order chi connectivity index (χ1) is 12.5. The van der Waals surface area contributed by atoms with E-state index in [1.165, 1.54) is 0 Å². The molecule has 0 unspecified atom stereocenters. The number of pyridine rings is 1. The molecule has 3 aromatic rings. The van der Waals surface area contributed by atoms with E-state index in [1.807, 2.05) is 36.5 Å². The molecule has 1 N–H and O–H groups in total. The first-order valence-electron chi connectivity index (χ1n) is 8.74. The zero-order chi connectivity index (χ0) is 18.1.